The number of benzene rings is 1. The Labute approximate surface area is 96.3 Å². The van der Waals surface area contributed by atoms with Crippen LogP contribution in [0.25, 0.3) is 0 Å². The van der Waals surface area contributed by atoms with E-state index in [-0.39, 0.29) is 5.69 Å². The molecule has 0 aliphatic rings. The van der Waals surface area contributed by atoms with Crippen LogP contribution in [0.1, 0.15) is 6.92 Å². The van der Waals surface area contributed by atoms with Gasteiger partial charge in [0.25, 0.3) is 5.69 Å². The molecule has 7 nitrogen and oxygen atoms in total. The predicted molar refractivity (Wildman–Crippen MR) is 57.0 cm³/mol. The van der Waals surface area contributed by atoms with Gasteiger partial charge in [0.05, 0.1) is 11.0 Å². The molecule has 0 amide bonds. The summed E-state index contributed by atoms with van der Waals surface area (Å²) in [4.78, 5) is 18.3. The van der Waals surface area contributed by atoms with Crippen molar-refractivity contribution in [1.29, 1.82) is 0 Å². The molecule has 0 aromatic heterocycles. The average Bonchev–Trinajstić information content (AvgIpc) is 2.19. The first-order valence-corrected chi connectivity index (χ1v) is 5.56. The van der Waals surface area contributed by atoms with E-state index in [2.05, 4.69) is 9.84 Å². The van der Waals surface area contributed by atoms with E-state index in [0.717, 1.165) is 18.2 Å². The third kappa shape index (κ3) is 4.03. The van der Waals surface area contributed by atoms with Gasteiger partial charge >= 0.3 is 8.25 Å². The van der Waals surface area contributed by atoms with Crippen molar-refractivity contribution in [2.75, 3.05) is 5.32 Å². The average molecular weight is 263 g/mol. The van der Waals surface area contributed by atoms with Gasteiger partial charge in [0.15, 0.2) is 0 Å². The topological polar surface area (TPSA) is 102 Å². The van der Waals surface area contributed by atoms with Gasteiger partial charge in [-0.2, -0.15) is 0 Å². The maximum atomic E-state index is 12.8. The summed E-state index contributed by atoms with van der Waals surface area (Å²) in [5, 5.41) is 13.1. The molecule has 9 heteroatoms. The maximum Gasteiger partial charge on any atom is 0.368 e. The van der Waals surface area contributed by atoms with E-state index in [1.54, 1.807) is 0 Å². The van der Waals surface area contributed by atoms with Crippen molar-refractivity contribution in [3.05, 3.63) is 34.1 Å². The summed E-state index contributed by atoms with van der Waals surface area (Å²) < 4.78 is 27.6. The van der Waals surface area contributed by atoms with Crippen molar-refractivity contribution in [2.24, 2.45) is 0 Å². The Morgan fingerprint density at radius 2 is 2.29 bits per heavy atom. The Morgan fingerprint density at radius 1 is 1.65 bits per heavy atom. The first-order chi connectivity index (χ1) is 7.90. The second-order valence-electron chi connectivity index (χ2n) is 3.05. The largest absolute Gasteiger partial charge is 0.368 e. The zero-order valence-electron chi connectivity index (χ0n) is 8.66. The molecule has 0 saturated heterocycles. The van der Waals surface area contributed by atoms with Crippen LogP contribution < -0.4 is 5.32 Å². The van der Waals surface area contributed by atoms with E-state index < -0.39 is 30.9 Å². The lowest BCUT2D eigenvalue weighted by molar-refractivity contribution is -0.384. The van der Waals surface area contributed by atoms with Gasteiger partial charge in [-0.1, -0.05) is 0 Å². The molecule has 2 N–H and O–H groups in total. The molecular weight excluding hydrogens is 254 g/mol. The number of rotatable bonds is 5. The Kier molecular flexibility index (Phi) is 4.45. The van der Waals surface area contributed by atoms with Crippen LogP contribution in [0, 0.1) is 15.9 Å². The van der Waals surface area contributed by atoms with Gasteiger partial charge in [0.2, 0.25) is 0 Å². The molecule has 2 atom stereocenters. The van der Waals surface area contributed by atoms with Crippen molar-refractivity contribution in [2.45, 2.75) is 13.2 Å². The molecule has 0 aliphatic carbocycles. The van der Waals surface area contributed by atoms with Gasteiger partial charge in [-0.05, 0) is 19.1 Å². The number of halogens is 1. The SMILES string of the molecule is CC(Nc1ccc(F)cc1[N+](=O)[O-])O[P](=O)O. The number of anilines is 1. The summed E-state index contributed by atoms with van der Waals surface area (Å²) in [6.07, 6.45) is -0.923. The summed E-state index contributed by atoms with van der Waals surface area (Å²) in [6.45, 7) is 1.39. The fourth-order valence-electron chi connectivity index (χ4n) is 1.16. The molecule has 0 fully saturated rings. The van der Waals surface area contributed by atoms with E-state index in [0.29, 0.717) is 0 Å². The highest BCUT2D eigenvalue weighted by atomic mass is 31.1. The monoisotopic (exact) mass is 263 g/mol. The molecule has 0 spiro atoms. The maximum absolute atomic E-state index is 12.8. The molecule has 0 saturated carbocycles. The highest BCUT2D eigenvalue weighted by molar-refractivity contribution is 7.32. The number of nitrogens with one attached hydrogen (secondary N) is 1. The Morgan fingerprint density at radius 3 is 2.82 bits per heavy atom. The summed E-state index contributed by atoms with van der Waals surface area (Å²) in [6, 6.07) is 2.92. The minimum atomic E-state index is -2.82. The van der Waals surface area contributed by atoms with Crippen molar-refractivity contribution in [3.8, 4) is 0 Å². The zero-order valence-corrected chi connectivity index (χ0v) is 9.56. The van der Waals surface area contributed by atoms with Gasteiger partial charge < -0.3 is 5.32 Å². The van der Waals surface area contributed by atoms with Crippen LogP contribution in [0.5, 0.6) is 0 Å². The molecule has 2 unspecified atom stereocenters. The van der Waals surface area contributed by atoms with Crippen molar-refractivity contribution < 1.29 is 23.3 Å². The van der Waals surface area contributed by atoms with Crippen molar-refractivity contribution in [3.63, 3.8) is 0 Å². The molecule has 0 bridgehead atoms. The van der Waals surface area contributed by atoms with Crippen LogP contribution in [0.15, 0.2) is 18.2 Å². The van der Waals surface area contributed by atoms with Crippen LogP contribution >= 0.6 is 8.25 Å². The zero-order chi connectivity index (χ0) is 13.0. The van der Waals surface area contributed by atoms with E-state index in [1.165, 1.54) is 6.92 Å². The van der Waals surface area contributed by atoms with E-state index in [4.69, 9.17) is 4.89 Å². The van der Waals surface area contributed by atoms with Crippen LogP contribution in [0.2, 0.25) is 0 Å². The van der Waals surface area contributed by atoms with Gasteiger partial charge in [-0.3, -0.25) is 19.5 Å². The van der Waals surface area contributed by atoms with Crippen LogP contribution in [0.3, 0.4) is 0 Å². The fourth-order valence-corrected chi connectivity index (χ4v) is 1.48. The first-order valence-electron chi connectivity index (χ1n) is 4.43. The number of nitro groups is 1. The molecule has 1 rings (SSSR count). The number of hydrogen-bond donors (Lipinski definition) is 2. The lowest BCUT2D eigenvalue weighted by Crippen LogP contribution is -2.16. The third-order valence-electron chi connectivity index (χ3n) is 1.76. The minimum Gasteiger partial charge on any atom is -0.354 e. The standard InChI is InChI=1S/C8H9FN2O5P/c1-5(16-17(14)15)10-7-3-2-6(9)4-8(7)11(12)13/h2-5,10H,1H3,(H,14,15). The highest BCUT2D eigenvalue weighted by Crippen LogP contribution is 2.27. The Hall–Kier alpha value is -1.63. The lowest BCUT2D eigenvalue weighted by atomic mass is 10.2. The molecule has 0 aliphatic heterocycles. The summed E-state index contributed by atoms with van der Waals surface area (Å²) >= 11 is 0. The molecule has 0 heterocycles. The summed E-state index contributed by atoms with van der Waals surface area (Å²) in [5.74, 6) is -0.746. The fraction of sp³-hybridized carbons (Fsp3) is 0.250. The second kappa shape index (κ2) is 5.62. The van der Waals surface area contributed by atoms with Crippen molar-refractivity contribution in [1.82, 2.24) is 0 Å². The van der Waals surface area contributed by atoms with Gasteiger partial charge in [-0.25, -0.2) is 8.96 Å². The molecule has 93 valence electrons. The van der Waals surface area contributed by atoms with E-state index in [9.17, 15) is 19.1 Å². The smallest absolute Gasteiger partial charge is 0.354 e. The molecule has 1 aromatic rings. The molecular formula is C8H9FN2O5P. The number of nitro benzene ring substituents is 1. The molecule has 1 aromatic carbocycles. The molecule has 1 radical (unpaired) electrons. The molecule has 17 heavy (non-hydrogen) atoms. The summed E-state index contributed by atoms with van der Waals surface area (Å²) in [5.41, 5.74) is -0.477. The third-order valence-corrected chi connectivity index (χ3v) is 2.26. The minimum absolute atomic E-state index is 0.000694. The van der Waals surface area contributed by atoms with Crippen LogP contribution in [-0.2, 0) is 9.09 Å². The van der Waals surface area contributed by atoms with Crippen molar-refractivity contribution >= 4 is 19.6 Å². The quantitative estimate of drug-likeness (QED) is 0.365. The van der Waals surface area contributed by atoms with Gasteiger partial charge in [-0.15, -0.1) is 0 Å². The second-order valence-corrected chi connectivity index (χ2v) is 3.73. The van der Waals surface area contributed by atoms with Crippen LogP contribution in [0.4, 0.5) is 15.8 Å². The van der Waals surface area contributed by atoms with E-state index in [1.807, 2.05) is 0 Å². The predicted octanol–water partition coefficient (Wildman–Crippen LogP) is 2.16. The highest BCUT2D eigenvalue weighted by Gasteiger charge is 2.17. The lowest BCUT2D eigenvalue weighted by Gasteiger charge is -2.13. The van der Waals surface area contributed by atoms with Gasteiger partial charge in [0.1, 0.15) is 17.7 Å². The first kappa shape index (κ1) is 13.4. The van der Waals surface area contributed by atoms with Crippen LogP contribution in [-0.4, -0.2) is 16.0 Å². The Balaban J connectivity index is 2.90. The summed E-state index contributed by atoms with van der Waals surface area (Å²) in [7, 11) is -2.82. The number of hydrogen-bond acceptors (Lipinski definition) is 5. The normalized spacial score (nSPS) is 13.0. The van der Waals surface area contributed by atoms with E-state index >= 15 is 0 Å². The Bertz CT molecular complexity index is 456. The van der Waals surface area contributed by atoms with Gasteiger partial charge in [0, 0.05) is 0 Å². The number of nitrogens with zero attached hydrogens (tertiary/aromatic N) is 1.